The third kappa shape index (κ3) is 2.78. The lowest BCUT2D eigenvalue weighted by Gasteiger charge is -2.27. The molecule has 0 unspecified atom stereocenters. The van der Waals surface area contributed by atoms with E-state index in [1.165, 1.54) is 16.0 Å². The predicted molar refractivity (Wildman–Crippen MR) is 100 cm³/mol. The van der Waals surface area contributed by atoms with Crippen LogP contribution in [-0.4, -0.2) is 5.78 Å². The third-order valence-corrected chi connectivity index (χ3v) is 6.13. The smallest absolute Gasteiger partial charge is 0.162 e. The summed E-state index contributed by atoms with van der Waals surface area (Å²) in [6, 6.07) is 17.0. The van der Waals surface area contributed by atoms with Crippen LogP contribution in [0.15, 0.2) is 64.7 Å². The molecule has 2 nitrogen and oxygen atoms in total. The standard InChI is InChI=1S/C21H21NOS/c1-13-7-9-15(10-8-13)21-20-17(11-14(2)12-18(20)23)22-16-5-3-4-6-19(16)24-21/h3-10,14,21-22H,11-12H2,1-2H3/t14-,21+/m0/s1. The maximum Gasteiger partial charge on any atom is 0.162 e. The quantitative estimate of drug-likeness (QED) is 0.745. The SMILES string of the molecule is Cc1ccc([C@H]2Sc3ccccc3NC3=C2C(=O)C[C@@H](C)C3)cc1. The van der Waals surface area contributed by atoms with Crippen molar-refractivity contribution in [1.82, 2.24) is 0 Å². The molecule has 1 heterocycles. The first-order valence-electron chi connectivity index (χ1n) is 8.47. The molecule has 0 fully saturated rings. The molecule has 1 aliphatic heterocycles. The maximum atomic E-state index is 12.9. The van der Waals surface area contributed by atoms with Crippen LogP contribution in [0.25, 0.3) is 0 Å². The van der Waals surface area contributed by atoms with Gasteiger partial charge in [-0.25, -0.2) is 0 Å². The Bertz CT molecular complexity index is 822. The molecule has 0 radical (unpaired) electrons. The van der Waals surface area contributed by atoms with E-state index in [0.29, 0.717) is 18.1 Å². The van der Waals surface area contributed by atoms with Gasteiger partial charge in [0.15, 0.2) is 5.78 Å². The van der Waals surface area contributed by atoms with Crippen LogP contribution < -0.4 is 5.32 Å². The molecule has 122 valence electrons. The number of ketones is 1. The Morgan fingerprint density at radius 2 is 1.79 bits per heavy atom. The number of para-hydroxylation sites is 1. The second kappa shape index (κ2) is 6.14. The molecule has 3 heteroatoms. The topological polar surface area (TPSA) is 29.1 Å². The molecule has 0 aromatic heterocycles. The summed E-state index contributed by atoms with van der Waals surface area (Å²) in [6.07, 6.45) is 1.60. The Balaban J connectivity index is 1.87. The second-order valence-electron chi connectivity index (χ2n) is 6.86. The summed E-state index contributed by atoms with van der Waals surface area (Å²) in [5.41, 5.74) is 5.65. The molecule has 2 aromatic carbocycles. The van der Waals surface area contributed by atoms with Gasteiger partial charge in [0.25, 0.3) is 0 Å². The first-order chi connectivity index (χ1) is 11.6. The van der Waals surface area contributed by atoms with Crippen molar-refractivity contribution in [3.8, 4) is 0 Å². The first kappa shape index (κ1) is 15.5. The van der Waals surface area contributed by atoms with Crippen LogP contribution in [0.5, 0.6) is 0 Å². The van der Waals surface area contributed by atoms with Gasteiger partial charge in [-0.2, -0.15) is 0 Å². The van der Waals surface area contributed by atoms with Crippen molar-refractivity contribution < 1.29 is 4.79 Å². The number of aryl methyl sites for hydroxylation is 1. The zero-order valence-electron chi connectivity index (χ0n) is 14.0. The number of allylic oxidation sites excluding steroid dienone is 1. The number of thioether (sulfide) groups is 1. The molecule has 2 aliphatic rings. The molecule has 2 aromatic rings. The fourth-order valence-electron chi connectivity index (χ4n) is 3.55. The van der Waals surface area contributed by atoms with Crippen LogP contribution in [0.2, 0.25) is 0 Å². The van der Waals surface area contributed by atoms with Crippen molar-refractivity contribution >= 4 is 23.2 Å². The summed E-state index contributed by atoms with van der Waals surface area (Å²) in [6.45, 7) is 4.26. The second-order valence-corrected chi connectivity index (χ2v) is 8.01. The molecule has 2 atom stereocenters. The fourth-order valence-corrected chi connectivity index (χ4v) is 4.89. The molecule has 24 heavy (non-hydrogen) atoms. The zero-order chi connectivity index (χ0) is 16.7. The van der Waals surface area contributed by atoms with E-state index < -0.39 is 0 Å². The number of benzene rings is 2. The van der Waals surface area contributed by atoms with E-state index in [2.05, 4.69) is 61.6 Å². The lowest BCUT2D eigenvalue weighted by Crippen LogP contribution is -2.23. The molecule has 1 aliphatic carbocycles. The molecule has 1 N–H and O–H groups in total. The first-order valence-corrected chi connectivity index (χ1v) is 9.35. The number of anilines is 1. The molecule has 0 spiro atoms. The highest BCUT2D eigenvalue weighted by Crippen LogP contribution is 2.49. The van der Waals surface area contributed by atoms with Gasteiger partial charge in [0.2, 0.25) is 0 Å². The molecule has 0 saturated heterocycles. The van der Waals surface area contributed by atoms with E-state index in [1.54, 1.807) is 11.8 Å². The summed E-state index contributed by atoms with van der Waals surface area (Å²) >= 11 is 1.79. The highest BCUT2D eigenvalue weighted by Gasteiger charge is 2.34. The fraction of sp³-hybridized carbons (Fsp3) is 0.286. The number of carbonyl (C=O) groups excluding carboxylic acids is 1. The minimum Gasteiger partial charge on any atom is -0.358 e. The Morgan fingerprint density at radius 1 is 1.04 bits per heavy atom. The van der Waals surface area contributed by atoms with E-state index in [1.807, 2.05) is 6.07 Å². The van der Waals surface area contributed by atoms with E-state index >= 15 is 0 Å². The largest absolute Gasteiger partial charge is 0.358 e. The Morgan fingerprint density at radius 3 is 2.58 bits per heavy atom. The van der Waals surface area contributed by atoms with Gasteiger partial charge in [0.1, 0.15) is 0 Å². The molecule has 0 amide bonds. The number of carbonyl (C=O) groups is 1. The highest BCUT2D eigenvalue weighted by atomic mass is 32.2. The van der Waals surface area contributed by atoms with Gasteiger partial charge in [-0.3, -0.25) is 4.79 Å². The maximum absolute atomic E-state index is 12.9. The van der Waals surface area contributed by atoms with Crippen molar-refractivity contribution in [3.05, 3.63) is 70.9 Å². The minimum absolute atomic E-state index is 0.0664. The van der Waals surface area contributed by atoms with Gasteiger partial charge in [-0.05, 0) is 37.0 Å². The van der Waals surface area contributed by atoms with Gasteiger partial charge in [0.05, 0.1) is 10.9 Å². The summed E-state index contributed by atoms with van der Waals surface area (Å²) < 4.78 is 0. The molecule has 0 saturated carbocycles. The van der Waals surface area contributed by atoms with Crippen molar-refractivity contribution in [1.29, 1.82) is 0 Å². The lowest BCUT2D eigenvalue weighted by molar-refractivity contribution is -0.116. The van der Waals surface area contributed by atoms with Crippen LogP contribution in [0.4, 0.5) is 5.69 Å². The van der Waals surface area contributed by atoms with Gasteiger partial charge in [0, 0.05) is 22.6 Å². The van der Waals surface area contributed by atoms with Crippen molar-refractivity contribution in [2.24, 2.45) is 5.92 Å². The van der Waals surface area contributed by atoms with Gasteiger partial charge in [-0.15, -0.1) is 11.8 Å². The van der Waals surface area contributed by atoms with Crippen molar-refractivity contribution in [2.45, 2.75) is 36.8 Å². The van der Waals surface area contributed by atoms with Gasteiger partial charge < -0.3 is 5.32 Å². The third-order valence-electron chi connectivity index (χ3n) is 4.77. The van der Waals surface area contributed by atoms with Crippen LogP contribution in [0.1, 0.15) is 36.1 Å². The normalized spacial score (nSPS) is 23.2. The predicted octanol–water partition coefficient (Wildman–Crippen LogP) is 5.51. The van der Waals surface area contributed by atoms with Crippen molar-refractivity contribution in [2.75, 3.05) is 5.32 Å². The summed E-state index contributed by atoms with van der Waals surface area (Å²) in [5, 5.41) is 3.64. The Kier molecular flexibility index (Phi) is 3.97. The van der Waals surface area contributed by atoms with E-state index in [0.717, 1.165) is 23.4 Å². The number of nitrogens with one attached hydrogen (secondary N) is 1. The highest BCUT2D eigenvalue weighted by molar-refractivity contribution is 8.00. The molecular formula is C21H21NOS. The van der Waals surface area contributed by atoms with Crippen molar-refractivity contribution in [3.63, 3.8) is 0 Å². The van der Waals surface area contributed by atoms with E-state index in [-0.39, 0.29) is 5.25 Å². The number of Topliss-reactive ketones (excluding diaryl/α,β-unsaturated/α-hetero) is 1. The lowest BCUT2D eigenvalue weighted by atomic mass is 9.84. The minimum atomic E-state index is 0.0664. The summed E-state index contributed by atoms with van der Waals surface area (Å²) in [5.74, 6) is 0.694. The number of rotatable bonds is 1. The van der Waals surface area contributed by atoms with Crippen LogP contribution >= 0.6 is 11.8 Å². The van der Waals surface area contributed by atoms with Gasteiger partial charge in [-0.1, -0.05) is 48.9 Å². The van der Waals surface area contributed by atoms with E-state index in [9.17, 15) is 4.79 Å². The Hall–Kier alpha value is -2.00. The molecule has 4 rings (SSSR count). The average molecular weight is 335 g/mol. The molecule has 0 bridgehead atoms. The zero-order valence-corrected chi connectivity index (χ0v) is 14.8. The van der Waals surface area contributed by atoms with Crippen LogP contribution in [0, 0.1) is 12.8 Å². The van der Waals surface area contributed by atoms with Crippen LogP contribution in [-0.2, 0) is 4.79 Å². The van der Waals surface area contributed by atoms with Gasteiger partial charge >= 0.3 is 0 Å². The monoisotopic (exact) mass is 335 g/mol. The summed E-state index contributed by atoms with van der Waals surface area (Å²) in [7, 11) is 0. The van der Waals surface area contributed by atoms with Crippen LogP contribution in [0.3, 0.4) is 0 Å². The number of fused-ring (bicyclic) bond motifs is 1. The molecular weight excluding hydrogens is 314 g/mol. The number of hydrogen-bond acceptors (Lipinski definition) is 3. The van der Waals surface area contributed by atoms with E-state index in [4.69, 9.17) is 0 Å². The summed E-state index contributed by atoms with van der Waals surface area (Å²) in [4.78, 5) is 14.1. The average Bonchev–Trinajstić information content (AvgIpc) is 2.72. The Labute approximate surface area is 147 Å². The number of hydrogen-bond donors (Lipinski definition) is 1.